The summed E-state index contributed by atoms with van der Waals surface area (Å²) in [6.45, 7) is 0. The molecule has 0 N–H and O–H groups in total. The van der Waals surface area contributed by atoms with E-state index in [0.29, 0.717) is 12.0 Å². The van der Waals surface area contributed by atoms with E-state index in [2.05, 4.69) is 72.8 Å². The monoisotopic (exact) mass is 605 g/mol. The average molecular weight is 606 g/mol. The van der Waals surface area contributed by atoms with Crippen molar-refractivity contribution in [2.75, 3.05) is 0 Å². The maximum Gasteiger partial charge on any atom is 0.136 e. The Bertz CT molecular complexity index is 3130. The molecule has 9 aromatic rings. The van der Waals surface area contributed by atoms with Gasteiger partial charge in [0.15, 0.2) is 0 Å². The third kappa shape index (κ3) is 3.96. The molecule has 1 aliphatic rings. The summed E-state index contributed by atoms with van der Waals surface area (Å²) in [6, 6.07) is 32.7. The number of rotatable bonds is 3. The van der Waals surface area contributed by atoms with Crippen LogP contribution >= 0.6 is 0 Å². The molecule has 0 spiro atoms. The number of benzene rings is 8. The van der Waals surface area contributed by atoms with Crippen LogP contribution in [0.15, 0.2) is 156 Å². The van der Waals surface area contributed by atoms with Gasteiger partial charge in [0.1, 0.15) is 11.2 Å². The Kier molecular flexibility index (Phi) is 4.44. The molecule has 0 unspecified atom stereocenters. The summed E-state index contributed by atoms with van der Waals surface area (Å²) in [6.07, 6.45) is 5.64. The average Bonchev–Trinajstić information content (AvgIpc) is 3.60. The number of hydrogen-bond donors (Lipinski definition) is 0. The Morgan fingerprint density at radius 1 is 0.532 bits per heavy atom. The second-order valence-electron chi connectivity index (χ2n) is 12.2. The van der Waals surface area contributed by atoms with Gasteiger partial charge in [-0.1, -0.05) is 139 Å². The van der Waals surface area contributed by atoms with Crippen LogP contribution in [0.5, 0.6) is 0 Å². The molecule has 0 radical (unpaired) electrons. The van der Waals surface area contributed by atoms with Gasteiger partial charge in [-0.15, -0.1) is 0 Å². The molecule has 1 heteroatoms. The molecular weight excluding hydrogens is 569 g/mol. The first kappa shape index (κ1) is 20.3. The van der Waals surface area contributed by atoms with E-state index >= 15 is 0 Å². The smallest absolute Gasteiger partial charge is 0.136 e. The van der Waals surface area contributed by atoms with E-state index in [9.17, 15) is 1.37 Å². The van der Waals surface area contributed by atoms with Crippen molar-refractivity contribution in [1.29, 1.82) is 0 Å². The van der Waals surface area contributed by atoms with Gasteiger partial charge in [-0.2, -0.15) is 0 Å². The third-order valence-corrected chi connectivity index (χ3v) is 9.62. The van der Waals surface area contributed by atoms with E-state index in [-0.39, 0.29) is 46.5 Å². The Labute approximate surface area is 282 Å². The lowest BCUT2D eigenvalue weighted by Crippen LogP contribution is -2.03. The zero-order valence-electron chi connectivity index (χ0n) is 32.3. The minimum Gasteiger partial charge on any atom is -0.456 e. The van der Waals surface area contributed by atoms with E-state index in [1.54, 1.807) is 0 Å². The van der Waals surface area contributed by atoms with Crippen LogP contribution in [0.1, 0.15) is 27.1 Å². The number of hydrogen-bond acceptors (Lipinski definition) is 1. The third-order valence-electron chi connectivity index (χ3n) is 9.62. The van der Waals surface area contributed by atoms with Crippen LogP contribution < -0.4 is 0 Å². The van der Waals surface area contributed by atoms with Crippen molar-refractivity contribution in [3.05, 3.63) is 163 Å². The van der Waals surface area contributed by atoms with E-state index in [1.165, 1.54) is 0 Å². The number of furan rings is 1. The zero-order chi connectivity index (χ0) is 37.0. The number of fused-ring (bicyclic) bond motifs is 8. The maximum absolute atomic E-state index is 9.26. The summed E-state index contributed by atoms with van der Waals surface area (Å²) in [7, 11) is 0. The van der Waals surface area contributed by atoms with Gasteiger partial charge >= 0.3 is 0 Å². The molecular formula is C46H30O. The molecule has 1 nitrogen and oxygen atoms in total. The molecule has 1 aliphatic carbocycles. The van der Waals surface area contributed by atoms with Crippen molar-refractivity contribution in [3.8, 4) is 33.4 Å². The van der Waals surface area contributed by atoms with Gasteiger partial charge in [0, 0.05) is 10.8 Å². The fourth-order valence-corrected chi connectivity index (χ4v) is 7.65. The van der Waals surface area contributed by atoms with Crippen LogP contribution in [-0.2, 0) is 6.42 Å². The second kappa shape index (κ2) is 10.3. The molecule has 0 saturated heterocycles. The Morgan fingerprint density at radius 3 is 2.23 bits per heavy atom. The van der Waals surface area contributed by atoms with E-state index in [1.807, 2.05) is 42.5 Å². The molecule has 10 rings (SSSR count). The van der Waals surface area contributed by atoms with Gasteiger partial charge in [-0.25, -0.2) is 0 Å². The van der Waals surface area contributed by atoms with Crippen LogP contribution in [0.4, 0.5) is 0 Å². The Morgan fingerprint density at radius 2 is 1.30 bits per heavy atom. The van der Waals surface area contributed by atoms with Crippen LogP contribution in [-0.4, -0.2) is 0 Å². The first-order valence-electron chi connectivity index (χ1n) is 19.4. The Balaban J connectivity index is 1.28. The lowest BCUT2D eigenvalue weighted by Gasteiger charge is -2.24. The molecule has 8 aromatic carbocycles. The highest BCUT2D eigenvalue weighted by atomic mass is 16.3. The maximum atomic E-state index is 9.26. The van der Waals surface area contributed by atoms with Crippen molar-refractivity contribution in [3.63, 3.8) is 0 Å². The van der Waals surface area contributed by atoms with Gasteiger partial charge in [-0.3, -0.25) is 0 Å². The largest absolute Gasteiger partial charge is 0.456 e. The molecule has 1 aromatic heterocycles. The van der Waals surface area contributed by atoms with Crippen molar-refractivity contribution in [2.24, 2.45) is 0 Å². The second-order valence-corrected chi connectivity index (χ2v) is 12.2. The summed E-state index contributed by atoms with van der Waals surface area (Å²) in [5.41, 5.74) is 8.67. The molecule has 1 heterocycles. The van der Waals surface area contributed by atoms with Crippen molar-refractivity contribution in [2.45, 2.75) is 12.8 Å². The molecule has 0 bridgehead atoms. The van der Waals surface area contributed by atoms with Crippen molar-refractivity contribution >= 4 is 60.3 Å². The van der Waals surface area contributed by atoms with Crippen molar-refractivity contribution < 1.29 is 14.0 Å². The van der Waals surface area contributed by atoms with Crippen LogP contribution in [0.2, 0.25) is 0 Å². The first-order chi connectivity index (χ1) is 26.2. The molecule has 220 valence electrons. The van der Waals surface area contributed by atoms with E-state index in [4.69, 9.17) is 12.6 Å². The summed E-state index contributed by atoms with van der Waals surface area (Å²) >= 11 is 0. The molecule has 0 amide bonds. The predicted molar refractivity (Wildman–Crippen MR) is 200 cm³/mol. The van der Waals surface area contributed by atoms with E-state index < -0.39 is 12.1 Å². The SMILES string of the molecule is [2H]c1c([2H])c([2H])c2c(-c3c4c(c(-c5cccc(-c6cccc7oc8ccc9ccccc9c8c67)c5)c5ccccc35)C=CCC4)c([2H])c([2H])c([2H])c2c1[2H]. The van der Waals surface area contributed by atoms with Gasteiger partial charge < -0.3 is 4.42 Å². The van der Waals surface area contributed by atoms with Crippen LogP contribution in [0, 0.1) is 0 Å². The molecule has 47 heavy (non-hydrogen) atoms. The zero-order valence-corrected chi connectivity index (χ0v) is 25.3. The fourth-order valence-electron chi connectivity index (χ4n) is 7.65. The van der Waals surface area contributed by atoms with E-state index in [0.717, 1.165) is 83.3 Å². The highest BCUT2D eigenvalue weighted by molar-refractivity contribution is 6.23. The first-order valence-corrected chi connectivity index (χ1v) is 15.9. The normalized spacial score (nSPS) is 14.9. The minimum absolute atomic E-state index is 0.0355. The highest BCUT2D eigenvalue weighted by Crippen LogP contribution is 2.47. The molecule has 0 saturated carbocycles. The standard InChI is InChI=1S/C46H30O/c1-3-17-33-29(12-1)14-10-24-36(33)44-39-21-7-5-19-37(39)43(38-20-6-8-22-40(38)44)32-16-9-15-31(28-32)35-23-11-25-41-46(35)45-34-18-4-2-13-30(34)26-27-42(45)47-41/h1-7,9-21,23-28H,8,22H2/i1D,3D,10D,12D,14D,17D,24D. The van der Waals surface area contributed by atoms with Crippen LogP contribution in [0.25, 0.3) is 93.7 Å². The minimum atomic E-state index is -0.457. The predicted octanol–water partition coefficient (Wildman–Crippen LogP) is 13.0. The lowest BCUT2D eigenvalue weighted by atomic mass is 9.79. The van der Waals surface area contributed by atoms with Gasteiger partial charge in [0.25, 0.3) is 0 Å². The van der Waals surface area contributed by atoms with Gasteiger partial charge in [0.2, 0.25) is 0 Å². The topological polar surface area (TPSA) is 13.1 Å². The molecule has 0 aliphatic heterocycles. The molecule has 0 atom stereocenters. The summed E-state index contributed by atoms with van der Waals surface area (Å²) in [5, 5.41) is 6.25. The highest BCUT2D eigenvalue weighted by Gasteiger charge is 2.23. The summed E-state index contributed by atoms with van der Waals surface area (Å²) < 4.78 is 67.9. The van der Waals surface area contributed by atoms with Gasteiger partial charge in [-0.05, 0) is 108 Å². The lowest BCUT2D eigenvalue weighted by molar-refractivity contribution is 0.669. The van der Waals surface area contributed by atoms with Crippen molar-refractivity contribution in [1.82, 2.24) is 0 Å². The van der Waals surface area contributed by atoms with Crippen LogP contribution in [0.3, 0.4) is 0 Å². The fraction of sp³-hybridized carbons (Fsp3) is 0.0435. The summed E-state index contributed by atoms with van der Waals surface area (Å²) in [5.74, 6) is 0. The quantitative estimate of drug-likeness (QED) is 0.195. The molecule has 0 fully saturated rings. The number of allylic oxidation sites excluding steroid dienone is 1. The Hall–Kier alpha value is -5.92. The van der Waals surface area contributed by atoms with Gasteiger partial charge in [0.05, 0.1) is 9.60 Å². The summed E-state index contributed by atoms with van der Waals surface area (Å²) in [4.78, 5) is 0.